The zero-order valence-electron chi connectivity index (χ0n) is 18.7. The summed E-state index contributed by atoms with van der Waals surface area (Å²) in [7, 11) is -4.10. The van der Waals surface area contributed by atoms with E-state index in [1.807, 2.05) is 19.1 Å². The lowest BCUT2D eigenvalue weighted by molar-refractivity contribution is 0.0309. The van der Waals surface area contributed by atoms with Gasteiger partial charge in [-0.2, -0.15) is 8.75 Å². The van der Waals surface area contributed by atoms with Gasteiger partial charge in [0.25, 0.3) is 15.9 Å². The van der Waals surface area contributed by atoms with Gasteiger partial charge in [0.15, 0.2) is 0 Å². The third-order valence-electron chi connectivity index (χ3n) is 6.10. The van der Waals surface area contributed by atoms with Crippen molar-refractivity contribution in [2.24, 2.45) is 5.41 Å². The van der Waals surface area contributed by atoms with E-state index in [1.165, 1.54) is 24.3 Å². The normalized spacial score (nSPS) is 20.1. The number of rotatable bonds is 7. The number of hydrogen-bond donors (Lipinski definition) is 3. The molecule has 3 N–H and O–H groups in total. The first-order valence-electron chi connectivity index (χ1n) is 10.8. The van der Waals surface area contributed by atoms with Crippen molar-refractivity contribution in [2.45, 2.75) is 50.2 Å². The van der Waals surface area contributed by atoms with Gasteiger partial charge in [-0.05, 0) is 56.5 Å². The molecule has 1 aliphatic rings. The minimum absolute atomic E-state index is 0.0238. The van der Waals surface area contributed by atoms with Crippen LogP contribution < -0.4 is 10.0 Å². The van der Waals surface area contributed by atoms with Gasteiger partial charge in [-0.25, -0.2) is 8.42 Å². The van der Waals surface area contributed by atoms with Gasteiger partial charge in [-0.1, -0.05) is 36.7 Å². The van der Waals surface area contributed by atoms with Crippen LogP contribution in [0, 0.1) is 5.41 Å². The van der Waals surface area contributed by atoms with Gasteiger partial charge in [-0.15, -0.1) is 0 Å². The molecule has 0 bridgehead atoms. The van der Waals surface area contributed by atoms with Gasteiger partial charge in [-0.3, -0.25) is 9.52 Å². The Balaban J connectivity index is 1.59. The number of benzene rings is 2. The van der Waals surface area contributed by atoms with Crippen LogP contribution in [0.25, 0.3) is 11.0 Å². The molecule has 0 saturated heterocycles. The van der Waals surface area contributed by atoms with E-state index in [1.54, 1.807) is 19.1 Å². The third-order valence-corrected chi connectivity index (χ3v) is 8.28. The maximum absolute atomic E-state index is 13.2. The molecule has 0 fully saturated rings. The highest BCUT2D eigenvalue weighted by molar-refractivity contribution is 7.93. The molecular formula is C23H25ClN4O4S2. The average Bonchev–Trinajstić information content (AvgIpc) is 3.27. The summed E-state index contributed by atoms with van der Waals surface area (Å²) in [4.78, 5) is 13.1. The van der Waals surface area contributed by atoms with E-state index in [2.05, 4.69) is 18.8 Å². The second-order valence-corrected chi connectivity index (χ2v) is 11.3. The Hall–Kier alpha value is -2.53. The zero-order chi connectivity index (χ0) is 24.5. The summed E-state index contributed by atoms with van der Waals surface area (Å²) in [6.45, 7) is 3.69. The summed E-state index contributed by atoms with van der Waals surface area (Å²) >= 11 is 7.03. The summed E-state index contributed by atoms with van der Waals surface area (Å²) in [5.74, 6) is -0.530. The number of carbonyl (C=O) groups is 1. The molecule has 1 aromatic heterocycles. The van der Waals surface area contributed by atoms with Crippen LogP contribution in [0.4, 0.5) is 5.69 Å². The molecule has 0 radical (unpaired) electrons. The summed E-state index contributed by atoms with van der Waals surface area (Å²) in [5.41, 5.74) is 0.370. The highest BCUT2D eigenvalue weighted by Crippen LogP contribution is 2.35. The number of hydrogen-bond acceptors (Lipinski definition) is 7. The van der Waals surface area contributed by atoms with Crippen LogP contribution in [0.1, 0.15) is 43.5 Å². The van der Waals surface area contributed by atoms with Crippen LogP contribution in [-0.2, 0) is 10.0 Å². The number of sulfonamides is 1. The molecule has 3 atom stereocenters. The molecule has 34 heavy (non-hydrogen) atoms. The quantitative estimate of drug-likeness (QED) is 0.398. The lowest BCUT2D eigenvalue weighted by Gasteiger charge is -2.37. The van der Waals surface area contributed by atoms with Gasteiger partial charge in [0.1, 0.15) is 15.9 Å². The summed E-state index contributed by atoms with van der Waals surface area (Å²) in [6, 6.07) is 8.42. The van der Waals surface area contributed by atoms with Gasteiger partial charge in [0.05, 0.1) is 35.1 Å². The lowest BCUT2D eigenvalue weighted by atomic mass is 9.74. The molecule has 0 spiro atoms. The van der Waals surface area contributed by atoms with E-state index >= 15 is 0 Å². The van der Waals surface area contributed by atoms with Crippen molar-refractivity contribution < 1.29 is 18.3 Å². The molecule has 0 saturated carbocycles. The van der Waals surface area contributed by atoms with E-state index in [0.29, 0.717) is 5.52 Å². The first-order chi connectivity index (χ1) is 16.1. The molecule has 3 aromatic rings. The maximum atomic E-state index is 13.2. The minimum atomic E-state index is -4.10. The molecule has 1 heterocycles. The second kappa shape index (κ2) is 9.61. The van der Waals surface area contributed by atoms with Gasteiger partial charge in [0, 0.05) is 10.4 Å². The van der Waals surface area contributed by atoms with Crippen LogP contribution in [0.2, 0.25) is 5.02 Å². The summed E-state index contributed by atoms with van der Waals surface area (Å²) < 4.78 is 37.0. The predicted molar refractivity (Wildman–Crippen MR) is 134 cm³/mol. The molecule has 2 aromatic carbocycles. The lowest BCUT2D eigenvalue weighted by Crippen LogP contribution is -2.48. The number of amides is 1. The first kappa shape index (κ1) is 24.6. The van der Waals surface area contributed by atoms with E-state index in [-0.39, 0.29) is 26.7 Å². The summed E-state index contributed by atoms with van der Waals surface area (Å²) in [6.07, 6.45) is 5.99. The fourth-order valence-electron chi connectivity index (χ4n) is 4.21. The molecular weight excluding hydrogens is 496 g/mol. The highest BCUT2D eigenvalue weighted by Gasteiger charge is 2.36. The van der Waals surface area contributed by atoms with Crippen LogP contribution in [0.15, 0.2) is 53.4 Å². The number of anilines is 1. The SMILES string of the molecule is CC(NC(=O)c1ccc(Cl)cc1NS(=O)(=O)c1cccc2nsnc12)C(O)C1(C)C=CCCC1. The monoisotopic (exact) mass is 520 g/mol. The minimum Gasteiger partial charge on any atom is -0.390 e. The van der Waals surface area contributed by atoms with Crippen molar-refractivity contribution in [3.05, 3.63) is 59.1 Å². The van der Waals surface area contributed by atoms with Crippen LogP contribution >= 0.6 is 23.3 Å². The van der Waals surface area contributed by atoms with E-state index in [9.17, 15) is 18.3 Å². The maximum Gasteiger partial charge on any atom is 0.264 e. The Morgan fingerprint density at radius 1 is 1.26 bits per heavy atom. The van der Waals surface area contributed by atoms with Crippen molar-refractivity contribution in [2.75, 3.05) is 4.72 Å². The van der Waals surface area contributed by atoms with Gasteiger partial charge in [0.2, 0.25) is 0 Å². The molecule has 8 nitrogen and oxygen atoms in total. The van der Waals surface area contributed by atoms with Crippen molar-refractivity contribution in [3.63, 3.8) is 0 Å². The Kier molecular flexibility index (Phi) is 6.95. The van der Waals surface area contributed by atoms with E-state index in [4.69, 9.17) is 11.6 Å². The number of nitrogens with one attached hydrogen (secondary N) is 2. The van der Waals surface area contributed by atoms with E-state index in [0.717, 1.165) is 31.0 Å². The van der Waals surface area contributed by atoms with Crippen molar-refractivity contribution in [3.8, 4) is 0 Å². The van der Waals surface area contributed by atoms with Gasteiger partial charge >= 0.3 is 0 Å². The number of nitrogens with zero attached hydrogens (tertiary/aromatic N) is 2. The fraction of sp³-hybridized carbons (Fsp3) is 0.348. The van der Waals surface area contributed by atoms with Crippen molar-refractivity contribution >= 4 is 56.0 Å². The first-order valence-corrected chi connectivity index (χ1v) is 13.4. The topological polar surface area (TPSA) is 121 Å². The number of allylic oxidation sites excluding steroid dienone is 1. The zero-order valence-corrected chi connectivity index (χ0v) is 21.0. The largest absolute Gasteiger partial charge is 0.390 e. The number of carbonyl (C=O) groups excluding carboxylic acids is 1. The molecule has 180 valence electrons. The number of aliphatic hydroxyl groups excluding tert-OH is 1. The van der Waals surface area contributed by atoms with E-state index < -0.39 is 33.5 Å². The Bertz CT molecular complexity index is 1360. The summed E-state index contributed by atoms with van der Waals surface area (Å²) in [5, 5.41) is 14.0. The second-order valence-electron chi connectivity index (χ2n) is 8.69. The van der Waals surface area contributed by atoms with Crippen LogP contribution in [0.3, 0.4) is 0 Å². The predicted octanol–water partition coefficient (Wildman–Crippen LogP) is 4.37. The molecule has 4 rings (SSSR count). The average molecular weight is 521 g/mol. The highest BCUT2D eigenvalue weighted by atomic mass is 35.5. The van der Waals surface area contributed by atoms with Crippen LogP contribution in [-0.4, -0.2) is 40.3 Å². The van der Waals surface area contributed by atoms with Crippen LogP contribution in [0.5, 0.6) is 0 Å². The molecule has 1 amide bonds. The van der Waals surface area contributed by atoms with Gasteiger partial charge < -0.3 is 10.4 Å². The van der Waals surface area contributed by atoms with Crippen molar-refractivity contribution in [1.82, 2.24) is 14.1 Å². The number of fused-ring (bicyclic) bond motifs is 1. The number of aromatic nitrogens is 2. The molecule has 0 aliphatic heterocycles. The fourth-order valence-corrected chi connectivity index (χ4v) is 6.23. The Morgan fingerprint density at radius 3 is 2.79 bits per heavy atom. The third kappa shape index (κ3) is 4.95. The number of aliphatic hydroxyl groups is 1. The molecule has 1 aliphatic carbocycles. The standard InChI is InChI=1S/C23H25ClN4O4S2/c1-14(21(29)23(2)11-4-3-5-12-23)25-22(30)16-10-9-15(24)13-18(16)28-34(31,32)19-8-6-7-17-20(19)27-33-26-17/h4,6-11,13-14,21,28-29H,3,5,12H2,1-2H3,(H,25,30). The smallest absolute Gasteiger partial charge is 0.264 e. The molecule has 11 heteroatoms. The Morgan fingerprint density at radius 2 is 2.06 bits per heavy atom. The number of halogens is 1. The van der Waals surface area contributed by atoms with Crippen molar-refractivity contribution in [1.29, 1.82) is 0 Å². The Labute approximate surface area is 207 Å². The molecule has 3 unspecified atom stereocenters.